The number of para-hydroxylation sites is 2. The largest absolute Gasteiger partial charge is 0.494 e. The van der Waals surface area contributed by atoms with E-state index in [9.17, 15) is 35.8 Å². The highest BCUT2D eigenvalue weighted by atomic mass is 79.9. The van der Waals surface area contributed by atoms with Gasteiger partial charge in [-0.25, -0.2) is 34.2 Å². The van der Waals surface area contributed by atoms with Crippen molar-refractivity contribution in [1.82, 2.24) is 49.1 Å². The molecular weight excluding hydrogens is 1290 g/mol. The maximum atomic E-state index is 14.2. The maximum Gasteiger partial charge on any atom is 0.246 e. The highest BCUT2D eigenvalue weighted by Crippen LogP contribution is 2.42. The number of ether oxygens (including phenoxy) is 4. The molecule has 30 heteroatoms. The van der Waals surface area contributed by atoms with Crippen LogP contribution >= 0.6 is 31.9 Å². The van der Waals surface area contributed by atoms with Crippen molar-refractivity contribution >= 4 is 80.0 Å². The number of hydrogen-bond donors (Lipinski definition) is 2. The van der Waals surface area contributed by atoms with E-state index in [0.717, 1.165) is 0 Å². The van der Waals surface area contributed by atoms with Crippen molar-refractivity contribution in [2.24, 2.45) is 14.1 Å². The van der Waals surface area contributed by atoms with E-state index < -0.39 is 71.5 Å². The van der Waals surface area contributed by atoms with Crippen molar-refractivity contribution in [1.29, 1.82) is 0 Å². The number of aromatic nitrogens is 10. The number of aliphatic hydroxyl groups is 2. The first kappa shape index (κ1) is 65.0. The number of aliphatic hydroxyl groups excluding tert-OH is 2. The Bertz CT molecular complexity index is 3550. The number of halogens is 4. The Kier molecular flexibility index (Phi) is 20.7. The van der Waals surface area contributed by atoms with Crippen molar-refractivity contribution in [3.05, 3.63) is 129 Å². The average molecular weight is 1360 g/mol. The van der Waals surface area contributed by atoms with Gasteiger partial charge < -0.3 is 29.2 Å². The van der Waals surface area contributed by atoms with Crippen LogP contribution in [0.25, 0.3) is 34.4 Å². The molecule has 84 heavy (non-hydrogen) atoms. The quantitative estimate of drug-likeness (QED) is 0.0534. The lowest BCUT2D eigenvalue weighted by Crippen LogP contribution is -2.40. The molecule has 2 atom stereocenters. The summed E-state index contributed by atoms with van der Waals surface area (Å²) >= 11 is 6.47. The molecule has 8 aromatic rings. The summed E-state index contributed by atoms with van der Waals surface area (Å²) in [4.78, 5) is 0. The van der Waals surface area contributed by atoms with Crippen LogP contribution in [-0.2, 0) is 34.1 Å². The predicted molar refractivity (Wildman–Crippen MR) is 330 cm³/mol. The summed E-state index contributed by atoms with van der Waals surface area (Å²) in [7, 11) is -2.53. The van der Waals surface area contributed by atoms with Gasteiger partial charge in [0, 0.05) is 64.7 Å². The topological polar surface area (TPSA) is 249 Å². The number of sulfonamides is 2. The number of rotatable bonds is 24. The number of hydrogen-bond acceptors (Lipinski definition) is 16. The van der Waals surface area contributed by atoms with Crippen LogP contribution in [0.5, 0.6) is 23.0 Å². The molecule has 22 nitrogen and oxygen atoms in total. The van der Waals surface area contributed by atoms with Gasteiger partial charge in [0.25, 0.3) is 0 Å². The van der Waals surface area contributed by atoms with Gasteiger partial charge in [-0.2, -0.15) is 10.2 Å². The number of aryl methyl sites for hydroxylation is 2. The molecule has 0 radical (unpaired) electrons. The number of anilines is 2. The summed E-state index contributed by atoms with van der Waals surface area (Å²) in [5, 5.41) is 48.6. The second-order valence-corrected chi connectivity index (χ2v) is 38.6. The zero-order valence-corrected chi connectivity index (χ0v) is 55.3. The first-order chi connectivity index (χ1) is 39.5. The van der Waals surface area contributed by atoms with Crippen molar-refractivity contribution in [3.8, 4) is 57.4 Å². The fraction of sp³-hybridized carbons (Fsp3) is 0.370. The summed E-state index contributed by atoms with van der Waals surface area (Å²) in [6.07, 6.45) is 0.576. The fourth-order valence-electron chi connectivity index (χ4n) is 8.69. The molecule has 4 aromatic carbocycles. The maximum absolute atomic E-state index is 14.2. The molecule has 0 spiro atoms. The van der Waals surface area contributed by atoms with Crippen molar-refractivity contribution in [2.75, 3.05) is 61.6 Å². The van der Waals surface area contributed by atoms with Gasteiger partial charge in [0.2, 0.25) is 31.9 Å². The van der Waals surface area contributed by atoms with Gasteiger partial charge in [0.1, 0.15) is 57.4 Å². The molecule has 0 amide bonds. The van der Waals surface area contributed by atoms with Gasteiger partial charge in [-0.1, -0.05) is 95.4 Å². The van der Waals surface area contributed by atoms with E-state index >= 15 is 0 Å². The molecule has 8 rings (SSSR count). The Morgan fingerprint density at radius 2 is 0.881 bits per heavy atom. The van der Waals surface area contributed by atoms with Crippen LogP contribution in [0.3, 0.4) is 0 Å². The summed E-state index contributed by atoms with van der Waals surface area (Å²) in [5.74, 6) is -0.311. The number of methoxy groups -OCH3 is 4. The van der Waals surface area contributed by atoms with Crippen molar-refractivity contribution in [2.45, 2.75) is 63.6 Å². The minimum atomic E-state index is -4.25. The van der Waals surface area contributed by atoms with Gasteiger partial charge in [-0.05, 0) is 83.9 Å². The molecule has 4 heterocycles. The lowest BCUT2D eigenvalue weighted by atomic mass is 10.1. The van der Waals surface area contributed by atoms with E-state index in [2.05, 4.69) is 102 Å². The van der Waals surface area contributed by atoms with Gasteiger partial charge in [-0.15, -0.1) is 20.4 Å². The van der Waals surface area contributed by atoms with Crippen molar-refractivity contribution in [3.63, 3.8) is 0 Å². The lowest BCUT2D eigenvalue weighted by molar-refractivity contribution is 0.200. The van der Waals surface area contributed by atoms with Gasteiger partial charge in [0.15, 0.2) is 11.6 Å². The monoisotopic (exact) mass is 1360 g/mol. The average Bonchev–Trinajstić information content (AvgIpc) is 2.33. The SMILES string of the molecule is COc1cccc(OC)c1-n1c(-c2ccn(C)n2)nnc1N(CC[Si](C)(C)C)S(=O)(=O)C[C@@H](O)c1ccc(F)cc1Br.COc1cccc(OC)c1-n1c(-c2ccn(C)n2)nnc1N(CC[Si](C)(C)C)S(=O)(=O)C[C@H](O)c1ccc(F)cc1Br. The van der Waals surface area contributed by atoms with E-state index in [1.54, 1.807) is 93.5 Å². The third kappa shape index (κ3) is 15.3. The molecule has 4 aromatic heterocycles. The smallest absolute Gasteiger partial charge is 0.246 e. The van der Waals surface area contributed by atoms with E-state index in [-0.39, 0.29) is 56.7 Å². The van der Waals surface area contributed by atoms with Crippen LogP contribution in [-0.4, -0.2) is 145 Å². The molecule has 0 saturated heterocycles. The standard InChI is InChI=1S/2C27H34BrFN6O5SSi/c2*1-33-13-12-21(32-33)26-30-31-27(35(26)25-23(39-2)8-7-9-24(25)40-3)34(14-15-42(4,5)6)41(37,38)17-22(36)19-11-10-18(29)16-20(19)28/h2*7-13,16,22,36H,14-15,17H2,1-6H3/t2*22-/m10/s1. The zero-order valence-electron chi connectivity index (χ0n) is 48.5. The normalized spacial score (nSPS) is 12.8. The van der Waals surface area contributed by atoms with Crippen LogP contribution < -0.4 is 27.6 Å². The Morgan fingerprint density at radius 1 is 0.548 bits per heavy atom. The Labute approximate surface area is 506 Å². The van der Waals surface area contributed by atoms with Gasteiger partial charge in [0.05, 0.1) is 52.2 Å². The first-order valence-electron chi connectivity index (χ1n) is 26.1. The van der Waals surface area contributed by atoms with E-state index in [0.29, 0.717) is 57.8 Å². The summed E-state index contributed by atoms with van der Waals surface area (Å²) in [6, 6.07) is 22.5. The minimum Gasteiger partial charge on any atom is -0.494 e. The molecule has 0 aliphatic rings. The number of nitrogens with zero attached hydrogens (tertiary/aromatic N) is 12. The van der Waals surface area contributed by atoms with E-state index in [1.807, 2.05) is 0 Å². The minimum absolute atomic E-state index is 0.0120. The van der Waals surface area contributed by atoms with Crippen LogP contribution in [0.15, 0.2) is 106 Å². The Hall–Kier alpha value is -6.55. The molecule has 0 bridgehead atoms. The molecule has 2 N–H and O–H groups in total. The highest BCUT2D eigenvalue weighted by Gasteiger charge is 2.38. The highest BCUT2D eigenvalue weighted by molar-refractivity contribution is 9.10. The zero-order chi connectivity index (χ0) is 61.6. The fourth-order valence-corrected chi connectivity index (χ4v) is 15.0. The van der Waals surface area contributed by atoms with Crippen LogP contribution in [0, 0.1) is 11.6 Å². The second-order valence-electron chi connectivity index (χ2n) is 21.8. The lowest BCUT2D eigenvalue weighted by Gasteiger charge is -2.28. The third-order valence-corrected chi connectivity index (χ3v) is 21.4. The molecular formula is C54H68Br2F2N12O10S2Si2. The molecule has 0 saturated carbocycles. The first-order valence-corrected chi connectivity index (χ1v) is 38.3. The molecule has 452 valence electrons. The molecule has 0 fully saturated rings. The Balaban J connectivity index is 0.000000241. The van der Waals surface area contributed by atoms with Crippen LogP contribution in [0.2, 0.25) is 51.4 Å². The van der Waals surface area contributed by atoms with Crippen LogP contribution in [0.1, 0.15) is 23.3 Å². The van der Waals surface area contributed by atoms with Gasteiger partial charge >= 0.3 is 0 Å². The van der Waals surface area contributed by atoms with E-state index in [4.69, 9.17) is 18.9 Å². The second kappa shape index (κ2) is 26.8. The molecule has 0 unspecified atom stereocenters. The summed E-state index contributed by atoms with van der Waals surface area (Å²) < 4.78 is 116. The van der Waals surface area contributed by atoms with Gasteiger partial charge in [-0.3, -0.25) is 18.5 Å². The Morgan fingerprint density at radius 3 is 1.15 bits per heavy atom. The predicted octanol–water partition coefficient (Wildman–Crippen LogP) is 9.59. The number of benzene rings is 4. The molecule has 0 aliphatic heterocycles. The third-order valence-electron chi connectivity index (χ3n) is 13.1. The summed E-state index contributed by atoms with van der Waals surface area (Å²) in [5.41, 5.74) is 2.15. The van der Waals surface area contributed by atoms with E-state index in [1.165, 1.54) is 73.4 Å². The van der Waals surface area contributed by atoms with Crippen molar-refractivity contribution < 1.29 is 54.8 Å². The molecule has 0 aliphatic carbocycles. The van der Waals surface area contributed by atoms with Crippen LogP contribution in [0.4, 0.5) is 20.7 Å². The summed E-state index contributed by atoms with van der Waals surface area (Å²) in [6.45, 7) is 13.0.